The molecule has 3 rings (SSSR count). The molecule has 0 radical (unpaired) electrons. The van der Waals surface area contributed by atoms with E-state index in [0.29, 0.717) is 18.7 Å². The lowest BCUT2D eigenvalue weighted by Crippen LogP contribution is -2.17. The fraction of sp³-hybridized carbons (Fsp3) is 0.533. The molecule has 1 atom stereocenters. The fourth-order valence-electron chi connectivity index (χ4n) is 2.38. The summed E-state index contributed by atoms with van der Waals surface area (Å²) in [7, 11) is 0. The van der Waals surface area contributed by atoms with E-state index in [9.17, 15) is 8.78 Å². The number of nitriles is 1. The third kappa shape index (κ3) is 3.74. The first-order valence-corrected chi connectivity index (χ1v) is 7.40. The summed E-state index contributed by atoms with van der Waals surface area (Å²) in [6.07, 6.45) is 2.18. The zero-order valence-corrected chi connectivity index (χ0v) is 13.1. The summed E-state index contributed by atoms with van der Waals surface area (Å²) in [6.45, 7) is 4.79. The van der Waals surface area contributed by atoms with Gasteiger partial charge in [0.15, 0.2) is 5.82 Å². The van der Waals surface area contributed by atoms with Gasteiger partial charge in [-0.1, -0.05) is 13.8 Å². The molecule has 3 heterocycles. The monoisotopic (exact) mass is 323 g/mol. The number of nitrogen functional groups attached to an aromatic ring is 1. The second kappa shape index (κ2) is 7.33. The van der Waals surface area contributed by atoms with Crippen LogP contribution in [0.25, 0.3) is 5.52 Å². The molecule has 0 aliphatic carbocycles. The second-order valence-electron chi connectivity index (χ2n) is 5.57. The molecule has 6 nitrogen and oxygen atoms in total. The first-order valence-electron chi connectivity index (χ1n) is 7.40. The maximum atomic E-state index is 13.8. The normalized spacial score (nSPS) is 17.7. The molecule has 0 bridgehead atoms. The lowest BCUT2D eigenvalue weighted by molar-refractivity contribution is 0.0366. The van der Waals surface area contributed by atoms with Crippen LogP contribution in [0.5, 0.6) is 0 Å². The van der Waals surface area contributed by atoms with E-state index in [1.54, 1.807) is 0 Å². The Bertz CT molecular complexity index is 717. The molecular formula is C15H19F2N5O. The molecule has 1 aliphatic rings. The van der Waals surface area contributed by atoms with Crippen LogP contribution in [-0.2, 0) is 4.74 Å². The summed E-state index contributed by atoms with van der Waals surface area (Å²) in [5, 5.41) is 12.9. The van der Waals surface area contributed by atoms with Crippen molar-refractivity contribution in [1.29, 1.82) is 5.26 Å². The van der Waals surface area contributed by atoms with Crippen LogP contribution in [0.15, 0.2) is 6.20 Å². The molecule has 124 valence electrons. The quantitative estimate of drug-likeness (QED) is 0.871. The number of hydrogen-bond donors (Lipinski definition) is 1. The number of fused-ring (bicyclic) bond motifs is 1. The second-order valence-corrected chi connectivity index (χ2v) is 5.57. The van der Waals surface area contributed by atoms with Gasteiger partial charge in [0.05, 0.1) is 18.5 Å². The molecule has 1 aliphatic heterocycles. The number of nitrogens with zero attached hydrogens (tertiary/aromatic N) is 4. The van der Waals surface area contributed by atoms with Crippen molar-refractivity contribution in [2.24, 2.45) is 0 Å². The van der Waals surface area contributed by atoms with E-state index in [4.69, 9.17) is 15.7 Å². The molecule has 1 unspecified atom stereocenters. The summed E-state index contributed by atoms with van der Waals surface area (Å²) in [5.41, 5.74) is 6.15. The van der Waals surface area contributed by atoms with Gasteiger partial charge in [0, 0.05) is 6.61 Å². The predicted molar refractivity (Wildman–Crippen MR) is 81.1 cm³/mol. The van der Waals surface area contributed by atoms with Gasteiger partial charge in [-0.15, -0.1) is 5.10 Å². The molecule has 1 fully saturated rings. The van der Waals surface area contributed by atoms with Crippen LogP contribution in [0.1, 0.15) is 43.9 Å². The Morgan fingerprint density at radius 2 is 2.26 bits per heavy atom. The molecule has 0 spiro atoms. The number of halogens is 2. The minimum atomic E-state index is -0.686. The average Bonchev–Trinajstić information content (AvgIpc) is 2.80. The summed E-state index contributed by atoms with van der Waals surface area (Å²) in [6, 6.07) is 1.85. The number of rotatable bonds is 1. The first kappa shape index (κ1) is 17.1. The Morgan fingerprint density at radius 3 is 2.74 bits per heavy atom. The highest BCUT2D eigenvalue weighted by molar-refractivity contribution is 5.58. The Morgan fingerprint density at radius 1 is 1.52 bits per heavy atom. The van der Waals surface area contributed by atoms with Crippen molar-refractivity contribution < 1.29 is 13.5 Å². The van der Waals surface area contributed by atoms with Crippen LogP contribution in [-0.4, -0.2) is 34.0 Å². The summed E-state index contributed by atoms with van der Waals surface area (Å²) in [5.74, 6) is -0.568. The summed E-state index contributed by atoms with van der Waals surface area (Å²) >= 11 is 0. The highest BCUT2D eigenvalue weighted by atomic mass is 19.1. The standard InChI is InChI=1S/C10H10FN5.C5H9FO/c1-5(2)9-6(3-12)8(11)7-4-14-10(13)15-16(7)9;6-5-2-1-3-7-4-5/h4-5H,1-2H3,(H2,13,15);5H,1-4H2. The van der Waals surface area contributed by atoms with Crippen molar-refractivity contribution >= 4 is 11.5 Å². The Kier molecular flexibility index (Phi) is 5.45. The minimum Gasteiger partial charge on any atom is -0.378 e. The number of anilines is 1. The van der Waals surface area contributed by atoms with Crippen LogP contribution in [0, 0.1) is 17.1 Å². The SMILES string of the molecule is CC(C)c1c(C#N)c(F)c2cnc(N)nn12.FC1CCCOC1. The zero-order valence-electron chi connectivity index (χ0n) is 13.1. The smallest absolute Gasteiger partial charge is 0.238 e. The van der Waals surface area contributed by atoms with Crippen molar-refractivity contribution in [1.82, 2.24) is 14.6 Å². The molecule has 0 saturated carbocycles. The maximum Gasteiger partial charge on any atom is 0.238 e. The number of ether oxygens (including phenoxy) is 1. The van der Waals surface area contributed by atoms with Gasteiger partial charge in [-0.3, -0.25) is 0 Å². The Balaban J connectivity index is 0.000000229. The van der Waals surface area contributed by atoms with Gasteiger partial charge < -0.3 is 10.5 Å². The van der Waals surface area contributed by atoms with Crippen LogP contribution >= 0.6 is 0 Å². The number of alkyl halides is 1. The molecule has 2 aromatic heterocycles. The zero-order chi connectivity index (χ0) is 17.0. The van der Waals surface area contributed by atoms with Gasteiger partial charge in [-0.05, 0) is 18.8 Å². The highest BCUT2D eigenvalue weighted by Crippen LogP contribution is 2.26. The summed E-state index contributed by atoms with van der Waals surface area (Å²) in [4.78, 5) is 3.71. The van der Waals surface area contributed by atoms with Gasteiger partial charge in [0.25, 0.3) is 0 Å². The van der Waals surface area contributed by atoms with Gasteiger partial charge in [-0.2, -0.15) is 5.26 Å². The van der Waals surface area contributed by atoms with Crippen molar-refractivity contribution in [3.05, 3.63) is 23.3 Å². The molecule has 0 amide bonds. The van der Waals surface area contributed by atoms with E-state index in [1.165, 1.54) is 10.7 Å². The average molecular weight is 323 g/mol. The van der Waals surface area contributed by atoms with Crippen molar-refractivity contribution in [3.8, 4) is 6.07 Å². The van der Waals surface area contributed by atoms with Crippen LogP contribution in [0.2, 0.25) is 0 Å². The molecule has 23 heavy (non-hydrogen) atoms. The number of aromatic nitrogens is 3. The predicted octanol–water partition coefficient (Wildman–Crippen LogP) is 2.58. The third-order valence-electron chi connectivity index (χ3n) is 3.44. The molecule has 2 N–H and O–H groups in total. The van der Waals surface area contributed by atoms with E-state index in [1.807, 2.05) is 19.9 Å². The van der Waals surface area contributed by atoms with Gasteiger partial charge in [-0.25, -0.2) is 18.3 Å². The molecule has 2 aromatic rings. The Labute approximate surface area is 132 Å². The van der Waals surface area contributed by atoms with Crippen LogP contribution < -0.4 is 5.73 Å². The molecule has 0 aromatic carbocycles. The molecular weight excluding hydrogens is 304 g/mol. The topological polar surface area (TPSA) is 89.2 Å². The third-order valence-corrected chi connectivity index (χ3v) is 3.44. The lowest BCUT2D eigenvalue weighted by Gasteiger charge is -2.13. The molecule has 8 heteroatoms. The maximum absolute atomic E-state index is 13.8. The fourth-order valence-corrected chi connectivity index (χ4v) is 2.38. The highest BCUT2D eigenvalue weighted by Gasteiger charge is 2.21. The first-order chi connectivity index (χ1) is 11.0. The van der Waals surface area contributed by atoms with Crippen LogP contribution in [0.4, 0.5) is 14.7 Å². The van der Waals surface area contributed by atoms with Crippen molar-refractivity contribution in [3.63, 3.8) is 0 Å². The van der Waals surface area contributed by atoms with E-state index in [-0.39, 0.29) is 22.9 Å². The van der Waals surface area contributed by atoms with Crippen molar-refractivity contribution in [2.45, 2.75) is 38.8 Å². The Hall–Kier alpha value is -2.27. The summed E-state index contributed by atoms with van der Waals surface area (Å²) < 4.78 is 32.0. The minimum absolute atomic E-state index is 0.00917. The van der Waals surface area contributed by atoms with E-state index in [0.717, 1.165) is 13.0 Å². The van der Waals surface area contributed by atoms with Crippen LogP contribution in [0.3, 0.4) is 0 Å². The van der Waals surface area contributed by atoms with E-state index in [2.05, 4.69) is 10.1 Å². The van der Waals surface area contributed by atoms with E-state index < -0.39 is 12.0 Å². The van der Waals surface area contributed by atoms with Gasteiger partial charge in [0.2, 0.25) is 5.95 Å². The number of nitrogens with two attached hydrogens (primary N) is 1. The largest absolute Gasteiger partial charge is 0.378 e. The van der Waals surface area contributed by atoms with Gasteiger partial charge >= 0.3 is 0 Å². The molecule has 1 saturated heterocycles. The van der Waals surface area contributed by atoms with Crippen molar-refractivity contribution in [2.75, 3.05) is 18.9 Å². The lowest BCUT2D eigenvalue weighted by atomic mass is 10.1. The number of hydrogen-bond acceptors (Lipinski definition) is 5. The van der Waals surface area contributed by atoms with Gasteiger partial charge in [0.1, 0.15) is 23.3 Å². The van der Waals surface area contributed by atoms with E-state index >= 15 is 0 Å².